The Morgan fingerprint density at radius 2 is 2.36 bits per heavy atom. The molecule has 0 aromatic carbocycles. The highest BCUT2D eigenvalue weighted by molar-refractivity contribution is 5.92. The standard InChI is InChI=1S/C11H19NO2/c1-4-9(2)11(12-3)14-10-6-5-7-13-8-10/h4,10H,5-8H2,1-3H3/b9-4-,12-11?/t10-/m1/s1. The Hall–Kier alpha value is -0.830. The van der Waals surface area contributed by atoms with Crippen molar-refractivity contribution in [2.24, 2.45) is 4.99 Å². The molecule has 3 heteroatoms. The van der Waals surface area contributed by atoms with E-state index in [2.05, 4.69) is 4.99 Å². The van der Waals surface area contributed by atoms with E-state index in [0.717, 1.165) is 30.9 Å². The Kier molecular flexibility index (Phi) is 4.66. The molecule has 0 saturated carbocycles. The summed E-state index contributed by atoms with van der Waals surface area (Å²) < 4.78 is 11.1. The number of hydrogen-bond acceptors (Lipinski definition) is 3. The second-order valence-corrected chi connectivity index (χ2v) is 3.46. The summed E-state index contributed by atoms with van der Waals surface area (Å²) in [5.41, 5.74) is 1.08. The lowest BCUT2D eigenvalue weighted by atomic mass is 10.2. The summed E-state index contributed by atoms with van der Waals surface area (Å²) in [6, 6.07) is 0. The van der Waals surface area contributed by atoms with E-state index in [1.807, 2.05) is 19.9 Å². The number of allylic oxidation sites excluding steroid dienone is 1. The van der Waals surface area contributed by atoms with Gasteiger partial charge in [0.15, 0.2) is 0 Å². The molecule has 0 amide bonds. The first-order valence-corrected chi connectivity index (χ1v) is 5.12. The molecule has 80 valence electrons. The summed E-state index contributed by atoms with van der Waals surface area (Å²) in [6.07, 6.45) is 4.33. The third-order valence-electron chi connectivity index (χ3n) is 2.37. The van der Waals surface area contributed by atoms with E-state index in [-0.39, 0.29) is 6.10 Å². The lowest BCUT2D eigenvalue weighted by molar-refractivity contribution is 0.00181. The molecular formula is C11H19NO2. The van der Waals surface area contributed by atoms with Crippen molar-refractivity contribution in [2.45, 2.75) is 32.8 Å². The molecule has 1 fully saturated rings. The molecule has 0 radical (unpaired) electrons. The van der Waals surface area contributed by atoms with Crippen LogP contribution in [0, 0.1) is 0 Å². The van der Waals surface area contributed by atoms with Gasteiger partial charge in [0, 0.05) is 19.2 Å². The van der Waals surface area contributed by atoms with Crippen LogP contribution >= 0.6 is 0 Å². The average Bonchev–Trinajstić information content (AvgIpc) is 2.26. The van der Waals surface area contributed by atoms with Gasteiger partial charge in [-0.1, -0.05) is 6.08 Å². The maximum absolute atomic E-state index is 5.75. The summed E-state index contributed by atoms with van der Waals surface area (Å²) in [5.74, 6) is 0.739. The Balaban J connectivity index is 2.48. The van der Waals surface area contributed by atoms with Gasteiger partial charge in [-0.15, -0.1) is 0 Å². The molecule has 1 aliphatic rings. The van der Waals surface area contributed by atoms with Crippen molar-refractivity contribution < 1.29 is 9.47 Å². The van der Waals surface area contributed by atoms with E-state index < -0.39 is 0 Å². The molecule has 0 aliphatic carbocycles. The molecule has 0 aromatic rings. The van der Waals surface area contributed by atoms with Crippen molar-refractivity contribution in [1.82, 2.24) is 0 Å². The molecular weight excluding hydrogens is 178 g/mol. The maximum Gasteiger partial charge on any atom is 0.211 e. The SMILES string of the molecule is C/C=C(/C)C(=NC)O[C@@H]1CCCOC1. The zero-order valence-corrected chi connectivity index (χ0v) is 9.25. The Morgan fingerprint density at radius 1 is 1.57 bits per heavy atom. The summed E-state index contributed by atoms with van der Waals surface area (Å²) >= 11 is 0. The zero-order valence-electron chi connectivity index (χ0n) is 9.25. The molecule has 1 saturated heterocycles. The first-order chi connectivity index (χ1) is 6.77. The van der Waals surface area contributed by atoms with Crippen LogP contribution in [0.2, 0.25) is 0 Å². The van der Waals surface area contributed by atoms with Crippen molar-refractivity contribution >= 4 is 5.90 Å². The number of nitrogens with zero attached hydrogens (tertiary/aromatic N) is 1. The van der Waals surface area contributed by atoms with Crippen LogP contribution in [-0.4, -0.2) is 32.3 Å². The Morgan fingerprint density at radius 3 is 2.86 bits per heavy atom. The van der Waals surface area contributed by atoms with Gasteiger partial charge in [0.1, 0.15) is 6.10 Å². The quantitative estimate of drug-likeness (QED) is 0.502. The maximum atomic E-state index is 5.75. The topological polar surface area (TPSA) is 30.8 Å². The highest BCUT2D eigenvalue weighted by Gasteiger charge is 2.17. The van der Waals surface area contributed by atoms with Gasteiger partial charge in [-0.2, -0.15) is 0 Å². The van der Waals surface area contributed by atoms with Gasteiger partial charge in [0.05, 0.1) is 6.61 Å². The predicted octanol–water partition coefficient (Wildman–Crippen LogP) is 2.18. The molecule has 14 heavy (non-hydrogen) atoms. The van der Waals surface area contributed by atoms with Crippen LogP contribution < -0.4 is 0 Å². The first kappa shape index (κ1) is 11.2. The number of hydrogen-bond donors (Lipinski definition) is 0. The van der Waals surface area contributed by atoms with Crippen molar-refractivity contribution in [2.75, 3.05) is 20.3 Å². The van der Waals surface area contributed by atoms with Crippen molar-refractivity contribution in [3.63, 3.8) is 0 Å². The van der Waals surface area contributed by atoms with Gasteiger partial charge >= 0.3 is 0 Å². The molecule has 3 nitrogen and oxygen atoms in total. The molecule has 0 spiro atoms. The van der Waals surface area contributed by atoms with Crippen molar-refractivity contribution in [3.05, 3.63) is 11.6 Å². The minimum Gasteiger partial charge on any atom is -0.472 e. The van der Waals surface area contributed by atoms with E-state index in [9.17, 15) is 0 Å². The summed E-state index contributed by atoms with van der Waals surface area (Å²) in [5, 5.41) is 0. The highest BCUT2D eigenvalue weighted by atomic mass is 16.5. The van der Waals surface area contributed by atoms with Crippen LogP contribution in [0.15, 0.2) is 16.6 Å². The average molecular weight is 197 g/mol. The van der Waals surface area contributed by atoms with Gasteiger partial charge in [0.2, 0.25) is 5.90 Å². The van der Waals surface area contributed by atoms with Gasteiger partial charge in [-0.25, -0.2) is 0 Å². The molecule has 1 heterocycles. The van der Waals surface area contributed by atoms with E-state index in [0.29, 0.717) is 6.61 Å². The lowest BCUT2D eigenvalue weighted by Crippen LogP contribution is -2.28. The minimum atomic E-state index is 0.178. The van der Waals surface area contributed by atoms with Crippen LogP contribution in [0.1, 0.15) is 26.7 Å². The summed E-state index contributed by atoms with van der Waals surface area (Å²) in [7, 11) is 1.76. The zero-order chi connectivity index (χ0) is 10.4. The smallest absolute Gasteiger partial charge is 0.211 e. The molecule has 0 aromatic heterocycles. The largest absolute Gasteiger partial charge is 0.472 e. The Labute approximate surface area is 85.8 Å². The van der Waals surface area contributed by atoms with Crippen LogP contribution in [0.5, 0.6) is 0 Å². The van der Waals surface area contributed by atoms with Crippen LogP contribution in [0.3, 0.4) is 0 Å². The van der Waals surface area contributed by atoms with Crippen molar-refractivity contribution in [3.8, 4) is 0 Å². The van der Waals surface area contributed by atoms with E-state index in [1.54, 1.807) is 7.05 Å². The number of rotatable bonds is 2. The predicted molar refractivity (Wildman–Crippen MR) is 57.7 cm³/mol. The molecule has 1 aliphatic heterocycles. The third-order valence-corrected chi connectivity index (χ3v) is 2.37. The normalized spacial score (nSPS) is 24.9. The van der Waals surface area contributed by atoms with Gasteiger partial charge in [-0.05, 0) is 26.7 Å². The number of aliphatic imine (C=N–C) groups is 1. The van der Waals surface area contributed by atoms with E-state index >= 15 is 0 Å². The fraction of sp³-hybridized carbons (Fsp3) is 0.727. The Bertz CT molecular complexity index is 227. The molecule has 0 bridgehead atoms. The van der Waals surface area contributed by atoms with Crippen LogP contribution in [-0.2, 0) is 9.47 Å². The van der Waals surface area contributed by atoms with Gasteiger partial charge < -0.3 is 9.47 Å². The van der Waals surface area contributed by atoms with E-state index in [4.69, 9.17) is 9.47 Å². The van der Waals surface area contributed by atoms with Gasteiger partial charge in [-0.3, -0.25) is 4.99 Å². The first-order valence-electron chi connectivity index (χ1n) is 5.12. The second-order valence-electron chi connectivity index (χ2n) is 3.46. The fourth-order valence-electron chi connectivity index (χ4n) is 1.41. The lowest BCUT2D eigenvalue weighted by Gasteiger charge is -2.24. The molecule has 0 unspecified atom stereocenters. The second kappa shape index (κ2) is 5.81. The van der Waals surface area contributed by atoms with Crippen LogP contribution in [0.25, 0.3) is 0 Å². The molecule has 1 rings (SSSR count). The van der Waals surface area contributed by atoms with Gasteiger partial charge in [0.25, 0.3) is 0 Å². The van der Waals surface area contributed by atoms with Crippen molar-refractivity contribution in [1.29, 1.82) is 0 Å². The highest BCUT2D eigenvalue weighted by Crippen LogP contribution is 2.12. The molecule has 1 atom stereocenters. The molecule has 0 N–H and O–H groups in total. The van der Waals surface area contributed by atoms with E-state index in [1.165, 1.54) is 0 Å². The number of ether oxygens (including phenoxy) is 2. The summed E-state index contributed by atoms with van der Waals surface area (Å²) in [4.78, 5) is 4.12. The monoisotopic (exact) mass is 197 g/mol. The minimum absolute atomic E-state index is 0.178. The fourth-order valence-corrected chi connectivity index (χ4v) is 1.41. The third kappa shape index (κ3) is 3.14. The van der Waals surface area contributed by atoms with Crippen LogP contribution in [0.4, 0.5) is 0 Å². The summed E-state index contributed by atoms with van der Waals surface area (Å²) in [6.45, 7) is 5.55.